The van der Waals surface area contributed by atoms with Crippen LogP contribution >= 0.6 is 0 Å². The van der Waals surface area contributed by atoms with Crippen molar-refractivity contribution in [1.29, 1.82) is 5.26 Å². The summed E-state index contributed by atoms with van der Waals surface area (Å²) in [6.45, 7) is 0. The highest BCUT2D eigenvalue weighted by molar-refractivity contribution is 5.96. The summed E-state index contributed by atoms with van der Waals surface area (Å²) in [5.41, 5.74) is 1.80. The van der Waals surface area contributed by atoms with Crippen LogP contribution in [0.15, 0.2) is 18.2 Å². The minimum absolute atomic E-state index is 0.343. The van der Waals surface area contributed by atoms with Crippen molar-refractivity contribution in [2.24, 2.45) is 0 Å². The van der Waals surface area contributed by atoms with Crippen LogP contribution in [-0.4, -0.2) is 26.3 Å². The van der Waals surface area contributed by atoms with Crippen molar-refractivity contribution < 1.29 is 9.47 Å². The molecule has 0 saturated heterocycles. The van der Waals surface area contributed by atoms with Gasteiger partial charge in [-0.05, 0) is 12.1 Å². The SMILES string of the molecule is CNc1cc(C#N)nc2c(OC)cc(OC)cc12. The van der Waals surface area contributed by atoms with Gasteiger partial charge in [0.25, 0.3) is 0 Å². The van der Waals surface area contributed by atoms with Gasteiger partial charge in [-0.15, -0.1) is 0 Å². The standard InChI is InChI=1S/C13H13N3O2/c1-15-11-4-8(7-14)16-13-10(11)5-9(17-2)6-12(13)18-3/h4-6H,1-3H3,(H,15,16). The number of rotatable bonds is 3. The third-order valence-corrected chi connectivity index (χ3v) is 2.69. The molecule has 1 N–H and O–H groups in total. The number of hydrogen-bond donors (Lipinski definition) is 1. The van der Waals surface area contributed by atoms with Crippen molar-refractivity contribution in [1.82, 2.24) is 4.98 Å². The second kappa shape index (κ2) is 4.80. The fraction of sp³-hybridized carbons (Fsp3) is 0.231. The van der Waals surface area contributed by atoms with Crippen molar-refractivity contribution >= 4 is 16.6 Å². The molecule has 0 aliphatic heterocycles. The van der Waals surface area contributed by atoms with E-state index in [1.54, 1.807) is 33.4 Å². The van der Waals surface area contributed by atoms with E-state index in [1.807, 2.05) is 12.1 Å². The lowest BCUT2D eigenvalue weighted by molar-refractivity contribution is 0.397. The van der Waals surface area contributed by atoms with Gasteiger partial charge in [-0.1, -0.05) is 0 Å². The van der Waals surface area contributed by atoms with E-state index in [-0.39, 0.29) is 0 Å². The maximum Gasteiger partial charge on any atom is 0.148 e. The second-order valence-corrected chi connectivity index (χ2v) is 3.64. The molecule has 0 aliphatic rings. The molecule has 2 rings (SSSR count). The number of nitrogens with one attached hydrogen (secondary N) is 1. The van der Waals surface area contributed by atoms with Crippen molar-refractivity contribution in [2.45, 2.75) is 0 Å². The molecular weight excluding hydrogens is 230 g/mol. The van der Waals surface area contributed by atoms with Crippen LogP contribution in [0.3, 0.4) is 0 Å². The number of methoxy groups -OCH3 is 2. The Morgan fingerprint density at radius 1 is 1.22 bits per heavy atom. The minimum Gasteiger partial charge on any atom is -0.497 e. The number of nitrogens with zero attached hydrogens (tertiary/aromatic N) is 2. The fourth-order valence-electron chi connectivity index (χ4n) is 1.81. The summed E-state index contributed by atoms with van der Waals surface area (Å²) in [6, 6.07) is 7.34. The Morgan fingerprint density at radius 3 is 2.56 bits per heavy atom. The first-order chi connectivity index (χ1) is 8.73. The highest BCUT2D eigenvalue weighted by Crippen LogP contribution is 2.34. The van der Waals surface area contributed by atoms with Crippen LogP contribution in [0.25, 0.3) is 10.9 Å². The molecule has 1 aromatic heterocycles. The van der Waals surface area contributed by atoms with Crippen LogP contribution < -0.4 is 14.8 Å². The molecule has 92 valence electrons. The van der Waals surface area contributed by atoms with E-state index in [1.165, 1.54) is 0 Å². The third-order valence-electron chi connectivity index (χ3n) is 2.69. The minimum atomic E-state index is 0.343. The van der Waals surface area contributed by atoms with E-state index in [2.05, 4.69) is 10.3 Å². The van der Waals surface area contributed by atoms with Gasteiger partial charge in [-0.3, -0.25) is 0 Å². The van der Waals surface area contributed by atoms with Gasteiger partial charge in [-0.25, -0.2) is 4.98 Å². The predicted molar refractivity (Wildman–Crippen MR) is 69.1 cm³/mol. The zero-order chi connectivity index (χ0) is 13.1. The summed E-state index contributed by atoms with van der Waals surface area (Å²) in [5, 5.41) is 12.9. The Bertz CT molecular complexity index is 632. The highest BCUT2D eigenvalue weighted by Gasteiger charge is 2.11. The lowest BCUT2D eigenvalue weighted by Gasteiger charge is -2.11. The first-order valence-electron chi connectivity index (χ1n) is 5.38. The Morgan fingerprint density at radius 2 is 2.00 bits per heavy atom. The Kier molecular flexibility index (Phi) is 3.20. The summed E-state index contributed by atoms with van der Waals surface area (Å²) < 4.78 is 10.5. The maximum atomic E-state index is 8.98. The zero-order valence-electron chi connectivity index (χ0n) is 10.4. The van der Waals surface area contributed by atoms with Crippen molar-refractivity contribution in [2.75, 3.05) is 26.6 Å². The topological polar surface area (TPSA) is 67.2 Å². The average molecular weight is 243 g/mol. The normalized spacial score (nSPS) is 9.89. The molecule has 0 fully saturated rings. The summed E-state index contributed by atoms with van der Waals surface area (Å²) >= 11 is 0. The van der Waals surface area contributed by atoms with Gasteiger partial charge in [0.1, 0.15) is 28.8 Å². The summed E-state index contributed by atoms with van der Waals surface area (Å²) in [6.07, 6.45) is 0. The van der Waals surface area contributed by atoms with E-state index in [0.717, 1.165) is 11.1 Å². The zero-order valence-corrected chi connectivity index (χ0v) is 10.4. The van der Waals surface area contributed by atoms with Gasteiger partial charge >= 0.3 is 0 Å². The van der Waals surface area contributed by atoms with Gasteiger partial charge in [-0.2, -0.15) is 5.26 Å². The number of anilines is 1. The van der Waals surface area contributed by atoms with Gasteiger partial charge in [0.05, 0.1) is 14.2 Å². The lowest BCUT2D eigenvalue weighted by atomic mass is 10.1. The lowest BCUT2D eigenvalue weighted by Crippen LogP contribution is -1.97. The van der Waals surface area contributed by atoms with Crippen LogP contribution in [0, 0.1) is 11.3 Å². The van der Waals surface area contributed by atoms with Crippen LogP contribution in [0.5, 0.6) is 11.5 Å². The van der Waals surface area contributed by atoms with Crippen LogP contribution in [-0.2, 0) is 0 Å². The number of nitriles is 1. The average Bonchev–Trinajstić information content (AvgIpc) is 2.44. The van der Waals surface area contributed by atoms with Gasteiger partial charge < -0.3 is 14.8 Å². The number of pyridine rings is 1. The molecule has 5 nitrogen and oxygen atoms in total. The molecular formula is C13H13N3O2. The van der Waals surface area contributed by atoms with Crippen molar-refractivity contribution in [3.8, 4) is 17.6 Å². The molecule has 0 bridgehead atoms. The van der Waals surface area contributed by atoms with E-state index >= 15 is 0 Å². The van der Waals surface area contributed by atoms with E-state index in [0.29, 0.717) is 22.7 Å². The molecule has 0 amide bonds. The van der Waals surface area contributed by atoms with Crippen LogP contribution in [0.4, 0.5) is 5.69 Å². The summed E-state index contributed by atoms with van der Waals surface area (Å²) in [5.74, 6) is 1.26. The maximum absolute atomic E-state index is 8.98. The Balaban J connectivity index is 2.85. The van der Waals surface area contributed by atoms with Crippen LogP contribution in [0.1, 0.15) is 5.69 Å². The van der Waals surface area contributed by atoms with Crippen LogP contribution in [0.2, 0.25) is 0 Å². The largest absolute Gasteiger partial charge is 0.497 e. The monoisotopic (exact) mass is 243 g/mol. The van der Waals surface area contributed by atoms with E-state index in [4.69, 9.17) is 14.7 Å². The van der Waals surface area contributed by atoms with Gasteiger partial charge in [0.2, 0.25) is 0 Å². The molecule has 0 saturated carbocycles. The number of benzene rings is 1. The van der Waals surface area contributed by atoms with Crippen molar-refractivity contribution in [3.05, 3.63) is 23.9 Å². The first-order valence-corrected chi connectivity index (χ1v) is 5.38. The number of aromatic nitrogens is 1. The number of hydrogen-bond acceptors (Lipinski definition) is 5. The molecule has 2 aromatic rings. The molecule has 0 aliphatic carbocycles. The third kappa shape index (κ3) is 1.89. The van der Waals surface area contributed by atoms with E-state index in [9.17, 15) is 0 Å². The Labute approximate surface area is 105 Å². The summed E-state index contributed by atoms with van der Waals surface area (Å²) in [7, 11) is 4.95. The molecule has 5 heteroatoms. The number of ether oxygens (including phenoxy) is 2. The molecule has 0 atom stereocenters. The highest BCUT2D eigenvalue weighted by atomic mass is 16.5. The summed E-state index contributed by atoms with van der Waals surface area (Å²) in [4.78, 5) is 4.27. The quantitative estimate of drug-likeness (QED) is 0.894. The first kappa shape index (κ1) is 12.0. The van der Waals surface area contributed by atoms with E-state index < -0.39 is 0 Å². The van der Waals surface area contributed by atoms with Gasteiger partial charge in [0, 0.05) is 24.2 Å². The predicted octanol–water partition coefficient (Wildman–Crippen LogP) is 2.17. The van der Waals surface area contributed by atoms with Gasteiger partial charge in [0.15, 0.2) is 0 Å². The number of fused-ring (bicyclic) bond motifs is 1. The smallest absolute Gasteiger partial charge is 0.148 e. The molecule has 0 spiro atoms. The molecule has 1 aromatic carbocycles. The molecule has 0 radical (unpaired) electrons. The second-order valence-electron chi connectivity index (χ2n) is 3.64. The molecule has 18 heavy (non-hydrogen) atoms. The fourth-order valence-corrected chi connectivity index (χ4v) is 1.81. The Hall–Kier alpha value is -2.48. The van der Waals surface area contributed by atoms with Crippen molar-refractivity contribution in [3.63, 3.8) is 0 Å². The molecule has 1 heterocycles. The molecule has 0 unspecified atom stereocenters.